The molecule has 1 amide bonds. The molecule has 2 rings (SSSR count). The molecule has 104 valence electrons. The van der Waals surface area contributed by atoms with Crippen molar-refractivity contribution < 1.29 is 4.79 Å². The van der Waals surface area contributed by atoms with Crippen LogP contribution in [0.1, 0.15) is 32.6 Å². The molecule has 0 aromatic rings. The molecule has 4 unspecified atom stereocenters. The number of carbonyl (C=O) groups is 1. The van der Waals surface area contributed by atoms with E-state index in [9.17, 15) is 4.79 Å². The monoisotopic (exact) mass is 253 g/mol. The van der Waals surface area contributed by atoms with E-state index < -0.39 is 0 Å². The zero-order chi connectivity index (χ0) is 13.1. The summed E-state index contributed by atoms with van der Waals surface area (Å²) >= 11 is 0. The van der Waals surface area contributed by atoms with Gasteiger partial charge in [0.25, 0.3) is 0 Å². The first-order valence-corrected chi connectivity index (χ1v) is 7.29. The molecule has 3 N–H and O–H groups in total. The molecule has 0 aromatic carbocycles. The smallest absolute Gasteiger partial charge is 0.224 e. The first kappa shape index (κ1) is 13.8. The lowest BCUT2D eigenvalue weighted by Crippen LogP contribution is -2.48. The van der Waals surface area contributed by atoms with Gasteiger partial charge < -0.3 is 16.0 Å². The second-order valence-electron chi connectivity index (χ2n) is 6.26. The molecule has 1 aliphatic carbocycles. The third-order valence-electron chi connectivity index (χ3n) is 4.63. The minimum Gasteiger partial charge on any atom is -0.355 e. The minimum absolute atomic E-state index is 0.0258. The molecule has 0 aromatic heterocycles. The number of nitrogens with one attached hydrogen (secondary N) is 1. The fraction of sp³-hybridized carbons (Fsp3) is 0.929. The van der Waals surface area contributed by atoms with Gasteiger partial charge in [-0.05, 0) is 44.7 Å². The average molecular weight is 253 g/mol. The topological polar surface area (TPSA) is 58.4 Å². The number of amides is 1. The van der Waals surface area contributed by atoms with Crippen molar-refractivity contribution in [1.82, 2.24) is 10.2 Å². The highest BCUT2D eigenvalue weighted by molar-refractivity contribution is 5.79. The second-order valence-corrected chi connectivity index (χ2v) is 6.26. The number of hydrogen-bond acceptors (Lipinski definition) is 3. The molecule has 18 heavy (non-hydrogen) atoms. The molecular weight excluding hydrogens is 226 g/mol. The van der Waals surface area contributed by atoms with Crippen LogP contribution < -0.4 is 11.1 Å². The molecular formula is C14H27N3O. The quantitative estimate of drug-likeness (QED) is 0.783. The van der Waals surface area contributed by atoms with Crippen LogP contribution in [0, 0.1) is 17.8 Å². The molecule has 4 nitrogen and oxygen atoms in total. The SMILES string of the molecule is CC1CCCC(N)C1C(=O)NCC1CCN(C)C1. The van der Waals surface area contributed by atoms with E-state index in [2.05, 4.69) is 24.2 Å². The van der Waals surface area contributed by atoms with Gasteiger partial charge >= 0.3 is 0 Å². The fourth-order valence-electron chi connectivity index (χ4n) is 3.47. The highest BCUT2D eigenvalue weighted by Gasteiger charge is 2.34. The van der Waals surface area contributed by atoms with Crippen LogP contribution in [-0.4, -0.2) is 43.5 Å². The Balaban J connectivity index is 1.79. The number of rotatable bonds is 3. The van der Waals surface area contributed by atoms with Crippen molar-refractivity contribution in [2.75, 3.05) is 26.7 Å². The predicted molar refractivity (Wildman–Crippen MR) is 73.1 cm³/mol. The third-order valence-corrected chi connectivity index (χ3v) is 4.63. The van der Waals surface area contributed by atoms with Gasteiger partial charge in [0, 0.05) is 19.1 Å². The zero-order valence-corrected chi connectivity index (χ0v) is 11.7. The first-order valence-electron chi connectivity index (χ1n) is 7.29. The van der Waals surface area contributed by atoms with Crippen molar-refractivity contribution in [3.05, 3.63) is 0 Å². The number of hydrogen-bond donors (Lipinski definition) is 2. The van der Waals surface area contributed by atoms with Gasteiger partial charge in [-0.1, -0.05) is 13.3 Å². The molecule has 0 radical (unpaired) electrons. The van der Waals surface area contributed by atoms with Gasteiger partial charge in [0.15, 0.2) is 0 Å². The van der Waals surface area contributed by atoms with Crippen molar-refractivity contribution in [1.29, 1.82) is 0 Å². The van der Waals surface area contributed by atoms with Crippen molar-refractivity contribution in [2.24, 2.45) is 23.5 Å². The molecule has 0 spiro atoms. The van der Waals surface area contributed by atoms with Crippen LogP contribution in [0.5, 0.6) is 0 Å². The summed E-state index contributed by atoms with van der Waals surface area (Å²) in [4.78, 5) is 14.6. The lowest BCUT2D eigenvalue weighted by atomic mass is 9.76. The van der Waals surface area contributed by atoms with E-state index in [0.717, 1.165) is 32.5 Å². The lowest BCUT2D eigenvalue weighted by molar-refractivity contribution is -0.128. The molecule has 1 aliphatic heterocycles. The Kier molecular flexibility index (Phi) is 4.62. The number of likely N-dealkylation sites (tertiary alicyclic amines) is 1. The lowest BCUT2D eigenvalue weighted by Gasteiger charge is -2.33. The van der Waals surface area contributed by atoms with Crippen LogP contribution in [0.15, 0.2) is 0 Å². The van der Waals surface area contributed by atoms with E-state index in [-0.39, 0.29) is 17.9 Å². The van der Waals surface area contributed by atoms with Gasteiger partial charge in [-0.15, -0.1) is 0 Å². The second kappa shape index (κ2) is 6.02. The summed E-state index contributed by atoms with van der Waals surface area (Å²) in [6.07, 6.45) is 4.50. The Morgan fingerprint density at radius 3 is 2.78 bits per heavy atom. The van der Waals surface area contributed by atoms with E-state index in [1.54, 1.807) is 0 Å². The molecule has 1 saturated heterocycles. The highest BCUT2D eigenvalue weighted by atomic mass is 16.1. The van der Waals surface area contributed by atoms with E-state index in [1.165, 1.54) is 12.8 Å². The predicted octanol–water partition coefficient (Wildman–Crippen LogP) is 0.818. The first-order chi connectivity index (χ1) is 8.58. The zero-order valence-electron chi connectivity index (χ0n) is 11.7. The van der Waals surface area contributed by atoms with Crippen molar-refractivity contribution >= 4 is 5.91 Å². The fourth-order valence-corrected chi connectivity index (χ4v) is 3.47. The summed E-state index contributed by atoms with van der Waals surface area (Å²) in [5.74, 6) is 1.26. The Hall–Kier alpha value is -0.610. The summed E-state index contributed by atoms with van der Waals surface area (Å²) in [6, 6.07) is 0.0556. The molecule has 4 atom stereocenters. The van der Waals surface area contributed by atoms with Crippen LogP contribution >= 0.6 is 0 Å². The maximum atomic E-state index is 12.3. The summed E-state index contributed by atoms with van der Waals surface area (Å²) in [5, 5.41) is 3.13. The Labute approximate surface area is 110 Å². The van der Waals surface area contributed by atoms with Crippen LogP contribution in [-0.2, 0) is 4.79 Å². The number of nitrogens with zero attached hydrogens (tertiary/aromatic N) is 1. The van der Waals surface area contributed by atoms with Crippen molar-refractivity contribution in [2.45, 2.75) is 38.6 Å². The van der Waals surface area contributed by atoms with Crippen LogP contribution in [0.4, 0.5) is 0 Å². The van der Waals surface area contributed by atoms with Gasteiger partial charge in [-0.3, -0.25) is 4.79 Å². The summed E-state index contributed by atoms with van der Waals surface area (Å²) in [5.41, 5.74) is 6.11. The summed E-state index contributed by atoms with van der Waals surface area (Å²) in [7, 11) is 2.14. The number of carbonyl (C=O) groups excluding carboxylic acids is 1. The molecule has 1 heterocycles. The molecule has 4 heteroatoms. The van der Waals surface area contributed by atoms with Gasteiger partial charge in [0.05, 0.1) is 5.92 Å². The third kappa shape index (κ3) is 3.23. The van der Waals surface area contributed by atoms with E-state index in [4.69, 9.17) is 5.73 Å². The Morgan fingerprint density at radius 2 is 2.17 bits per heavy atom. The van der Waals surface area contributed by atoms with Crippen molar-refractivity contribution in [3.63, 3.8) is 0 Å². The summed E-state index contributed by atoms with van der Waals surface area (Å²) < 4.78 is 0. The standard InChI is InChI=1S/C14H27N3O/c1-10-4-3-5-12(15)13(10)14(18)16-8-11-6-7-17(2)9-11/h10-13H,3-9,15H2,1-2H3,(H,16,18). The Bertz CT molecular complexity index is 285. The van der Waals surface area contributed by atoms with Crippen LogP contribution in [0.25, 0.3) is 0 Å². The maximum absolute atomic E-state index is 12.3. The average Bonchev–Trinajstić information content (AvgIpc) is 2.72. The van der Waals surface area contributed by atoms with Gasteiger partial charge in [0.2, 0.25) is 5.91 Å². The summed E-state index contributed by atoms with van der Waals surface area (Å²) in [6.45, 7) is 5.23. The van der Waals surface area contributed by atoms with E-state index in [0.29, 0.717) is 11.8 Å². The molecule has 1 saturated carbocycles. The largest absolute Gasteiger partial charge is 0.355 e. The van der Waals surface area contributed by atoms with Crippen molar-refractivity contribution in [3.8, 4) is 0 Å². The highest BCUT2D eigenvalue weighted by Crippen LogP contribution is 2.29. The molecule has 2 aliphatic rings. The molecule has 2 fully saturated rings. The van der Waals surface area contributed by atoms with E-state index in [1.807, 2.05) is 0 Å². The number of nitrogens with two attached hydrogens (primary N) is 1. The molecule has 0 bridgehead atoms. The van der Waals surface area contributed by atoms with Gasteiger partial charge in [-0.25, -0.2) is 0 Å². The van der Waals surface area contributed by atoms with Crippen LogP contribution in [0.2, 0.25) is 0 Å². The van der Waals surface area contributed by atoms with Gasteiger partial charge in [0.1, 0.15) is 0 Å². The van der Waals surface area contributed by atoms with Crippen LogP contribution in [0.3, 0.4) is 0 Å². The minimum atomic E-state index is 0.0258. The Morgan fingerprint density at radius 1 is 1.39 bits per heavy atom. The van der Waals surface area contributed by atoms with Gasteiger partial charge in [-0.2, -0.15) is 0 Å². The normalized spacial score (nSPS) is 37.7. The van der Waals surface area contributed by atoms with E-state index >= 15 is 0 Å². The maximum Gasteiger partial charge on any atom is 0.224 e.